The van der Waals surface area contributed by atoms with E-state index in [1.807, 2.05) is 18.7 Å². The van der Waals surface area contributed by atoms with E-state index in [-0.39, 0.29) is 19.6 Å². The second-order valence-corrected chi connectivity index (χ2v) is 8.96. The molecule has 2 amide bonds. The Balaban J connectivity index is 0.00000240. The van der Waals surface area contributed by atoms with E-state index in [1.54, 1.807) is 0 Å². The van der Waals surface area contributed by atoms with Gasteiger partial charge in [0, 0.05) is 52.5 Å². The van der Waals surface area contributed by atoms with Gasteiger partial charge < -0.3 is 15.0 Å². The first-order chi connectivity index (χ1) is 13.6. The van der Waals surface area contributed by atoms with Gasteiger partial charge in [-0.2, -0.15) is 0 Å². The highest BCUT2D eigenvalue weighted by Gasteiger charge is 2.27. The van der Waals surface area contributed by atoms with Crippen LogP contribution in [0.5, 0.6) is 5.75 Å². The number of urea groups is 1. The Labute approximate surface area is 170 Å². The normalized spacial score (nSPS) is 21.8. The minimum absolute atomic E-state index is 0. The van der Waals surface area contributed by atoms with Crippen molar-refractivity contribution < 1.29 is 11.0 Å². The Hall–Kier alpha value is -1.75. The maximum Gasteiger partial charge on any atom is 0.317 e. The van der Waals surface area contributed by atoms with Crippen LogP contribution in [0.3, 0.4) is 0 Å². The van der Waals surface area contributed by atoms with Crippen LogP contribution in [0.15, 0.2) is 18.2 Å². The molecule has 28 heavy (non-hydrogen) atoms. The van der Waals surface area contributed by atoms with E-state index in [4.69, 9.17) is 4.74 Å². The summed E-state index contributed by atoms with van der Waals surface area (Å²) in [5.74, 6) is 1.00. The third kappa shape index (κ3) is 4.62. The molecule has 1 saturated carbocycles. The van der Waals surface area contributed by atoms with Crippen LogP contribution in [0.2, 0.25) is 0 Å². The molecule has 4 rings (SSSR count). The molecule has 156 valence electrons. The van der Waals surface area contributed by atoms with Gasteiger partial charge in [0.05, 0.1) is 0 Å². The number of piperidine rings is 1. The molecule has 1 aliphatic carbocycles. The predicted octanol–water partition coefficient (Wildman–Crippen LogP) is 3.85. The molecule has 0 radical (unpaired) electrons. The van der Waals surface area contributed by atoms with E-state index in [9.17, 15) is 4.79 Å². The molecule has 3 aliphatic rings. The summed E-state index contributed by atoms with van der Waals surface area (Å²) in [4.78, 5) is 16.7. The quantitative estimate of drug-likeness (QED) is 0.854. The van der Waals surface area contributed by atoms with Crippen molar-refractivity contribution in [3.63, 3.8) is 0 Å². The molecule has 2 aliphatic heterocycles. The van der Waals surface area contributed by atoms with Gasteiger partial charge in [0.25, 0.3) is 0 Å². The van der Waals surface area contributed by atoms with Crippen molar-refractivity contribution in [2.45, 2.75) is 77.0 Å². The Morgan fingerprint density at radius 3 is 2.43 bits per heavy atom. The summed E-state index contributed by atoms with van der Waals surface area (Å²) in [5.41, 5.74) is 2.96. The number of carbonyl (C=O) groups excluding carboxylic acids is 1. The third-order valence-electron chi connectivity index (χ3n) is 6.55. The number of amides is 2. The average Bonchev–Trinajstić information content (AvgIpc) is 2.83. The van der Waals surface area contributed by atoms with Crippen molar-refractivity contribution in [3.8, 4) is 5.75 Å². The minimum Gasteiger partial charge on any atom is -0.490 e. The van der Waals surface area contributed by atoms with Crippen molar-refractivity contribution >= 4 is 6.03 Å². The molecule has 1 aromatic rings. The Bertz CT molecular complexity index is 685. The summed E-state index contributed by atoms with van der Waals surface area (Å²) in [6, 6.07) is 7.77. The number of ether oxygens (including phenoxy) is 1. The van der Waals surface area contributed by atoms with Crippen LogP contribution in [0, 0.1) is 0 Å². The SMILES string of the molecule is CC(C)NC(=O)N1CCC(Oc2ccc3c(c2)CCN(C2CCC2)CC3)CC1.[HH]. The zero-order valence-corrected chi connectivity index (χ0v) is 17.5. The van der Waals surface area contributed by atoms with Gasteiger partial charge in [0.2, 0.25) is 0 Å². The summed E-state index contributed by atoms with van der Waals surface area (Å²) < 4.78 is 6.31. The molecule has 0 bridgehead atoms. The zero-order chi connectivity index (χ0) is 19.5. The van der Waals surface area contributed by atoms with Crippen molar-refractivity contribution in [3.05, 3.63) is 29.3 Å². The topological polar surface area (TPSA) is 44.8 Å². The highest BCUT2D eigenvalue weighted by molar-refractivity contribution is 5.74. The minimum atomic E-state index is 0. The van der Waals surface area contributed by atoms with E-state index in [2.05, 4.69) is 28.4 Å². The average molecular weight is 388 g/mol. The molecule has 0 aromatic heterocycles. The summed E-state index contributed by atoms with van der Waals surface area (Å²) >= 11 is 0. The second-order valence-electron chi connectivity index (χ2n) is 8.96. The van der Waals surface area contributed by atoms with Gasteiger partial charge in [-0.05, 0) is 62.8 Å². The molecule has 1 N–H and O–H groups in total. The van der Waals surface area contributed by atoms with Crippen LogP contribution in [0.25, 0.3) is 0 Å². The fourth-order valence-electron chi connectivity index (χ4n) is 4.62. The molecular weight excluding hydrogens is 350 g/mol. The molecule has 0 spiro atoms. The summed E-state index contributed by atoms with van der Waals surface area (Å²) in [6.45, 7) is 7.92. The molecule has 0 atom stereocenters. The highest BCUT2D eigenvalue weighted by Crippen LogP contribution is 2.29. The lowest BCUT2D eigenvalue weighted by Gasteiger charge is -2.36. The van der Waals surface area contributed by atoms with Gasteiger partial charge in [-0.15, -0.1) is 0 Å². The van der Waals surface area contributed by atoms with Crippen LogP contribution < -0.4 is 10.1 Å². The maximum absolute atomic E-state index is 12.1. The molecule has 5 nitrogen and oxygen atoms in total. The molecule has 0 unspecified atom stereocenters. The first kappa shape index (κ1) is 19.6. The van der Waals surface area contributed by atoms with Crippen LogP contribution in [0.4, 0.5) is 4.79 Å². The number of hydrogen-bond acceptors (Lipinski definition) is 3. The van der Waals surface area contributed by atoms with Gasteiger partial charge in [-0.25, -0.2) is 4.79 Å². The predicted molar refractivity (Wildman–Crippen MR) is 114 cm³/mol. The second kappa shape index (κ2) is 8.73. The van der Waals surface area contributed by atoms with E-state index in [1.165, 1.54) is 43.5 Å². The number of carbonyl (C=O) groups is 1. The number of benzene rings is 1. The summed E-state index contributed by atoms with van der Waals surface area (Å²) in [6.07, 6.45) is 8.49. The van der Waals surface area contributed by atoms with Crippen LogP contribution in [-0.2, 0) is 12.8 Å². The van der Waals surface area contributed by atoms with Crippen molar-refractivity contribution in [2.24, 2.45) is 0 Å². The van der Waals surface area contributed by atoms with Crippen LogP contribution >= 0.6 is 0 Å². The third-order valence-corrected chi connectivity index (χ3v) is 6.55. The lowest BCUT2D eigenvalue weighted by atomic mass is 9.91. The number of nitrogens with zero attached hydrogens (tertiary/aromatic N) is 2. The lowest BCUT2D eigenvalue weighted by Crippen LogP contribution is -2.48. The maximum atomic E-state index is 12.1. The van der Waals surface area contributed by atoms with E-state index >= 15 is 0 Å². The standard InChI is InChI=1S/C23H35N3O2.H2/c1-17(2)24-23(27)26-14-10-21(11-15-26)28-22-7-6-18-8-12-25(20-4-3-5-20)13-9-19(18)16-22;/h6-7,16-17,20-21H,3-5,8-15H2,1-2H3,(H,24,27);1H. The van der Waals surface area contributed by atoms with E-state index < -0.39 is 0 Å². The van der Waals surface area contributed by atoms with Gasteiger partial charge in [-0.3, -0.25) is 4.90 Å². The molecular formula is C23H37N3O2. The van der Waals surface area contributed by atoms with Gasteiger partial charge in [-0.1, -0.05) is 12.5 Å². The molecule has 2 heterocycles. The monoisotopic (exact) mass is 387 g/mol. The Morgan fingerprint density at radius 2 is 1.79 bits per heavy atom. The van der Waals surface area contributed by atoms with Crippen molar-refractivity contribution in [1.82, 2.24) is 15.1 Å². The summed E-state index contributed by atoms with van der Waals surface area (Å²) in [7, 11) is 0. The smallest absolute Gasteiger partial charge is 0.317 e. The van der Waals surface area contributed by atoms with Crippen molar-refractivity contribution in [1.29, 1.82) is 0 Å². The molecule has 1 saturated heterocycles. The number of hydrogen-bond donors (Lipinski definition) is 1. The lowest BCUT2D eigenvalue weighted by molar-refractivity contribution is 0.110. The molecule has 1 aromatic carbocycles. The van der Waals surface area contributed by atoms with Crippen LogP contribution in [0.1, 0.15) is 58.5 Å². The number of rotatable bonds is 4. The van der Waals surface area contributed by atoms with E-state index in [0.717, 1.165) is 50.6 Å². The van der Waals surface area contributed by atoms with E-state index in [0.29, 0.717) is 0 Å². The fraction of sp³-hybridized carbons (Fsp3) is 0.696. The Morgan fingerprint density at radius 1 is 1.07 bits per heavy atom. The van der Waals surface area contributed by atoms with Crippen molar-refractivity contribution in [2.75, 3.05) is 26.2 Å². The van der Waals surface area contributed by atoms with Gasteiger partial charge >= 0.3 is 6.03 Å². The number of nitrogens with one attached hydrogen (secondary N) is 1. The zero-order valence-electron chi connectivity index (χ0n) is 17.5. The Kier molecular flexibility index (Phi) is 6.10. The summed E-state index contributed by atoms with van der Waals surface area (Å²) in [5, 5.41) is 2.98. The molecule has 2 fully saturated rings. The number of fused-ring (bicyclic) bond motifs is 1. The fourth-order valence-corrected chi connectivity index (χ4v) is 4.62. The first-order valence-electron chi connectivity index (χ1n) is 11.2. The van der Waals surface area contributed by atoms with Gasteiger partial charge in [0.15, 0.2) is 0 Å². The molecule has 5 heteroatoms. The number of likely N-dealkylation sites (tertiary alicyclic amines) is 1. The van der Waals surface area contributed by atoms with Gasteiger partial charge in [0.1, 0.15) is 11.9 Å². The largest absolute Gasteiger partial charge is 0.490 e. The van der Waals surface area contributed by atoms with Crippen LogP contribution in [-0.4, -0.2) is 60.2 Å². The first-order valence-corrected chi connectivity index (χ1v) is 11.2. The highest BCUT2D eigenvalue weighted by atomic mass is 16.5.